The normalized spacial score (nSPS) is 33.8. The van der Waals surface area contributed by atoms with E-state index < -0.39 is 53.6 Å². The number of halogens is 1. The minimum Gasteiger partial charge on any atom is -0.455 e. The third-order valence-electron chi connectivity index (χ3n) is 9.83. The van der Waals surface area contributed by atoms with E-state index in [0.717, 1.165) is 13.1 Å². The Morgan fingerprint density at radius 3 is 2.52 bits per heavy atom. The molecule has 6 rings (SSSR count). The molecule has 48 heavy (non-hydrogen) atoms. The third-order valence-corrected chi connectivity index (χ3v) is 10.5. The predicted molar refractivity (Wildman–Crippen MR) is 175 cm³/mol. The number of nitrogens with zero attached hydrogens (tertiary/aromatic N) is 3. The van der Waals surface area contributed by atoms with Crippen molar-refractivity contribution in [1.82, 2.24) is 20.0 Å². The molecule has 1 spiro atoms. The van der Waals surface area contributed by atoms with Crippen molar-refractivity contribution in [3.05, 3.63) is 58.6 Å². The minimum atomic E-state index is -1.45. The van der Waals surface area contributed by atoms with Gasteiger partial charge in [0.1, 0.15) is 29.8 Å². The topological polar surface area (TPSA) is 147 Å². The van der Waals surface area contributed by atoms with Crippen LogP contribution in [0.15, 0.2) is 53.0 Å². The molecule has 0 radical (unpaired) electrons. The number of aliphatic hydroxyl groups excluding tert-OH is 1. The second kappa shape index (κ2) is 15.2. The van der Waals surface area contributed by atoms with Gasteiger partial charge in [-0.15, -0.1) is 0 Å². The number of rotatable bonds is 8. The second-order valence-electron chi connectivity index (χ2n) is 12.7. The van der Waals surface area contributed by atoms with Gasteiger partial charge in [0.25, 0.3) is 0 Å². The number of allylic oxidation sites excluding steroid dienone is 1. The Labute approximate surface area is 288 Å². The SMILES string of the molecule is COC[C@H]1NC(=O)CC/C=C\CN(CCN2CCOCC2)C(=O)[C@@H]2N(CCO)C(=O)[C@H]3[C@H](C(=O)O[C@@H]1c1ccccc1)[C@H]1O[C@@]23C=C1Br. The number of likely N-dealkylation sites (tertiary alicyclic amines) is 1. The zero-order chi connectivity index (χ0) is 33.8. The fraction of sp³-hybridized carbons (Fsp3) is 0.588. The standard InChI is InChI=1S/C34H43BrN4O9/c1-45-21-24-28(22-8-4-2-5-9-22)47-33(44)26-27-31(42)39(14-17-40)30(34(27)20-23(35)29(26)48-34)32(43)38(11-7-3-6-10-25(41)36-24)13-12-37-15-18-46-19-16-37/h2-5,7-9,20,24,26-30,40H,6,10-19,21H2,1H3,(H,36,41)/b7-3-/t24-,26+,27-,28-,29+,30+,34-/m1/s1. The number of cyclic esters (lactones) is 1. The van der Waals surface area contributed by atoms with Crippen LogP contribution in [0.3, 0.4) is 0 Å². The highest BCUT2D eigenvalue weighted by molar-refractivity contribution is 9.11. The third kappa shape index (κ3) is 6.70. The van der Waals surface area contributed by atoms with E-state index >= 15 is 0 Å². The second-order valence-corrected chi connectivity index (χ2v) is 13.6. The van der Waals surface area contributed by atoms with Crippen molar-refractivity contribution in [2.45, 2.75) is 42.7 Å². The average molecular weight is 732 g/mol. The van der Waals surface area contributed by atoms with Crippen molar-refractivity contribution in [1.29, 1.82) is 0 Å². The molecule has 14 heteroatoms. The van der Waals surface area contributed by atoms with E-state index in [1.165, 1.54) is 12.0 Å². The van der Waals surface area contributed by atoms with E-state index in [2.05, 4.69) is 26.1 Å². The molecule has 0 saturated carbocycles. The maximum atomic E-state index is 14.7. The van der Waals surface area contributed by atoms with Gasteiger partial charge in [-0.3, -0.25) is 24.1 Å². The molecule has 0 aromatic heterocycles. The van der Waals surface area contributed by atoms with Gasteiger partial charge < -0.3 is 39.2 Å². The fourth-order valence-electron chi connectivity index (χ4n) is 7.59. The van der Waals surface area contributed by atoms with Gasteiger partial charge in [0.15, 0.2) is 0 Å². The summed E-state index contributed by atoms with van der Waals surface area (Å²) >= 11 is 3.58. The first-order valence-corrected chi connectivity index (χ1v) is 17.3. The number of hydrogen-bond donors (Lipinski definition) is 2. The smallest absolute Gasteiger partial charge is 0.313 e. The first kappa shape index (κ1) is 34.7. The van der Waals surface area contributed by atoms with Gasteiger partial charge >= 0.3 is 5.97 Å². The lowest BCUT2D eigenvalue weighted by molar-refractivity contribution is -0.162. The Bertz CT molecular complexity index is 1420. The van der Waals surface area contributed by atoms with Gasteiger partial charge in [0.05, 0.1) is 38.4 Å². The molecule has 7 atom stereocenters. The largest absolute Gasteiger partial charge is 0.455 e. The molecule has 13 nitrogen and oxygen atoms in total. The summed E-state index contributed by atoms with van der Waals surface area (Å²) in [6.07, 6.45) is 4.27. The van der Waals surface area contributed by atoms with E-state index in [-0.39, 0.29) is 44.5 Å². The zero-order valence-electron chi connectivity index (χ0n) is 27.0. The summed E-state index contributed by atoms with van der Waals surface area (Å²) in [7, 11) is 1.51. The van der Waals surface area contributed by atoms with Gasteiger partial charge in [-0.05, 0) is 18.1 Å². The highest BCUT2D eigenvalue weighted by Crippen LogP contribution is 2.59. The van der Waals surface area contributed by atoms with Crippen molar-refractivity contribution < 1.29 is 43.2 Å². The zero-order valence-corrected chi connectivity index (χ0v) is 28.6. The number of carbonyl (C=O) groups is 4. The molecule has 5 bridgehead atoms. The van der Waals surface area contributed by atoms with E-state index in [9.17, 15) is 24.3 Å². The van der Waals surface area contributed by atoms with Crippen LogP contribution in [0.5, 0.6) is 0 Å². The number of carbonyl (C=O) groups excluding carboxylic acids is 4. The van der Waals surface area contributed by atoms with Crippen LogP contribution in [-0.4, -0.2) is 140 Å². The first-order chi connectivity index (χ1) is 23.3. The number of esters is 1. The van der Waals surface area contributed by atoms with E-state index in [1.54, 1.807) is 23.1 Å². The summed E-state index contributed by atoms with van der Waals surface area (Å²) in [5, 5.41) is 13.0. The van der Waals surface area contributed by atoms with Gasteiger partial charge in [-0.1, -0.05) is 58.4 Å². The maximum Gasteiger partial charge on any atom is 0.313 e. The number of benzene rings is 1. The average Bonchev–Trinajstić information content (AvgIpc) is 3.68. The molecular formula is C34H43BrN4O9. The number of nitrogens with one attached hydrogen (secondary N) is 1. The number of β-amino-alcohol motifs (C(OH)–C–C–N with tert-alkyl or cyclic N) is 1. The van der Waals surface area contributed by atoms with Crippen molar-refractivity contribution in [2.24, 2.45) is 11.8 Å². The maximum absolute atomic E-state index is 14.7. The fourth-order valence-corrected chi connectivity index (χ4v) is 8.33. The Morgan fingerprint density at radius 2 is 1.79 bits per heavy atom. The Morgan fingerprint density at radius 1 is 1.02 bits per heavy atom. The number of hydrogen-bond acceptors (Lipinski definition) is 10. The van der Waals surface area contributed by atoms with Gasteiger partial charge in [-0.2, -0.15) is 0 Å². The summed E-state index contributed by atoms with van der Waals surface area (Å²) in [6.45, 7) is 3.53. The van der Waals surface area contributed by atoms with E-state index in [0.29, 0.717) is 42.8 Å². The van der Waals surface area contributed by atoms with Crippen LogP contribution in [0.4, 0.5) is 0 Å². The van der Waals surface area contributed by atoms with Crippen LogP contribution < -0.4 is 5.32 Å². The Balaban J connectivity index is 1.39. The van der Waals surface area contributed by atoms with Crippen molar-refractivity contribution in [3.8, 4) is 0 Å². The monoisotopic (exact) mass is 730 g/mol. The highest BCUT2D eigenvalue weighted by Gasteiger charge is 2.75. The van der Waals surface area contributed by atoms with E-state index in [1.807, 2.05) is 30.4 Å². The van der Waals surface area contributed by atoms with Crippen molar-refractivity contribution in [2.75, 3.05) is 72.8 Å². The molecule has 1 aromatic rings. The molecule has 3 amide bonds. The van der Waals surface area contributed by atoms with Crippen molar-refractivity contribution in [3.63, 3.8) is 0 Å². The molecule has 3 saturated heterocycles. The van der Waals surface area contributed by atoms with Crippen LogP contribution in [0.1, 0.15) is 24.5 Å². The number of aliphatic hydroxyl groups is 1. The molecular weight excluding hydrogens is 688 g/mol. The molecule has 0 unspecified atom stereocenters. The minimum absolute atomic E-state index is 0.0634. The summed E-state index contributed by atoms with van der Waals surface area (Å²) < 4.78 is 24.3. The number of methoxy groups -OCH3 is 1. The lowest BCUT2D eigenvalue weighted by atomic mass is 9.74. The summed E-state index contributed by atoms with van der Waals surface area (Å²) in [5.74, 6) is -3.88. The van der Waals surface area contributed by atoms with Crippen LogP contribution in [0.2, 0.25) is 0 Å². The highest BCUT2D eigenvalue weighted by atomic mass is 79.9. The van der Waals surface area contributed by atoms with Gasteiger partial charge in [0.2, 0.25) is 17.7 Å². The summed E-state index contributed by atoms with van der Waals surface area (Å²) in [5.41, 5.74) is -0.809. The van der Waals surface area contributed by atoms with Gasteiger partial charge in [0, 0.05) is 57.3 Å². The molecule has 260 valence electrons. The van der Waals surface area contributed by atoms with Crippen LogP contribution in [0, 0.1) is 11.8 Å². The first-order valence-electron chi connectivity index (χ1n) is 16.5. The number of amides is 3. The molecule has 1 aromatic carbocycles. The lowest BCUT2D eigenvalue weighted by Crippen LogP contribution is -2.57. The van der Waals surface area contributed by atoms with Crippen LogP contribution in [-0.2, 0) is 38.1 Å². The quantitative estimate of drug-likeness (QED) is 0.291. The van der Waals surface area contributed by atoms with Gasteiger partial charge in [-0.25, -0.2) is 0 Å². The summed E-state index contributed by atoms with van der Waals surface area (Å²) in [4.78, 5) is 61.7. The predicted octanol–water partition coefficient (Wildman–Crippen LogP) is 0.778. The molecule has 3 fully saturated rings. The molecule has 0 aliphatic carbocycles. The summed E-state index contributed by atoms with van der Waals surface area (Å²) in [6, 6.07) is 7.23. The Hall–Kier alpha value is -3.14. The molecule has 5 aliphatic rings. The van der Waals surface area contributed by atoms with Crippen molar-refractivity contribution >= 4 is 39.6 Å². The molecule has 2 N–H and O–H groups in total. The van der Waals surface area contributed by atoms with Crippen LogP contribution >= 0.6 is 15.9 Å². The number of morpholine rings is 1. The number of ether oxygens (including phenoxy) is 4. The lowest BCUT2D eigenvalue weighted by Gasteiger charge is -2.36. The molecule has 5 heterocycles. The molecule has 5 aliphatic heterocycles. The number of fused-ring (bicyclic) bond motifs is 2. The Kier molecular flexibility index (Phi) is 11.0. The van der Waals surface area contributed by atoms with Crippen LogP contribution in [0.25, 0.3) is 0 Å². The van der Waals surface area contributed by atoms with E-state index in [4.69, 9.17) is 18.9 Å².